The lowest BCUT2D eigenvalue weighted by atomic mass is 10.0. The third-order valence-corrected chi connectivity index (χ3v) is 2.83. The van der Waals surface area contributed by atoms with Gasteiger partial charge in [-0.2, -0.15) is 0 Å². The normalized spacial score (nSPS) is 11.4. The van der Waals surface area contributed by atoms with Crippen molar-refractivity contribution < 1.29 is 17.9 Å². The molecule has 2 rings (SSSR count). The zero-order valence-electron chi connectivity index (χ0n) is 9.96. The van der Waals surface area contributed by atoms with E-state index < -0.39 is 6.36 Å². The van der Waals surface area contributed by atoms with Crippen LogP contribution in [0.25, 0.3) is 11.1 Å². The lowest BCUT2D eigenvalue weighted by Crippen LogP contribution is -2.16. The molecule has 0 fully saturated rings. The second kappa shape index (κ2) is 5.13. The molecule has 19 heavy (non-hydrogen) atoms. The van der Waals surface area contributed by atoms with Gasteiger partial charge < -0.3 is 4.74 Å². The fraction of sp³-hybridized carbons (Fsp3) is 0.143. The predicted octanol–water partition coefficient (Wildman–Crippen LogP) is 5.21. The largest absolute Gasteiger partial charge is 0.573 e. The van der Waals surface area contributed by atoms with E-state index in [1.165, 1.54) is 12.1 Å². The summed E-state index contributed by atoms with van der Waals surface area (Å²) >= 11 is 5.91. The molecule has 0 saturated heterocycles. The molecule has 100 valence electrons. The van der Waals surface area contributed by atoms with Crippen LogP contribution in [-0.4, -0.2) is 6.36 Å². The van der Waals surface area contributed by atoms with Crippen molar-refractivity contribution in [1.29, 1.82) is 0 Å². The molecule has 0 saturated carbocycles. The number of alkyl halides is 3. The Morgan fingerprint density at radius 3 is 2.21 bits per heavy atom. The Bertz CT molecular complexity index is 576. The van der Waals surface area contributed by atoms with Crippen molar-refractivity contribution in [2.75, 3.05) is 0 Å². The van der Waals surface area contributed by atoms with Crippen LogP contribution in [-0.2, 0) is 0 Å². The Labute approximate surface area is 113 Å². The van der Waals surface area contributed by atoms with Crippen LogP contribution >= 0.6 is 11.6 Å². The third-order valence-electron chi connectivity index (χ3n) is 2.60. The number of benzene rings is 2. The molecule has 0 N–H and O–H groups in total. The number of halogens is 4. The Morgan fingerprint density at radius 1 is 1.00 bits per heavy atom. The van der Waals surface area contributed by atoms with Gasteiger partial charge in [-0.3, -0.25) is 0 Å². The van der Waals surface area contributed by atoms with Crippen LogP contribution in [0.3, 0.4) is 0 Å². The molecule has 0 atom stereocenters. The number of aryl methyl sites for hydroxylation is 1. The topological polar surface area (TPSA) is 9.23 Å². The van der Waals surface area contributed by atoms with Crippen molar-refractivity contribution >= 4 is 11.6 Å². The third kappa shape index (κ3) is 3.64. The van der Waals surface area contributed by atoms with Gasteiger partial charge in [0.1, 0.15) is 5.75 Å². The van der Waals surface area contributed by atoms with E-state index >= 15 is 0 Å². The monoisotopic (exact) mass is 286 g/mol. The standard InChI is InChI=1S/C14H10ClF3O/c1-9-2-5-11(15)8-13(9)10-3-6-12(7-4-10)19-14(16,17)18/h2-8H,1H3. The zero-order valence-corrected chi connectivity index (χ0v) is 10.7. The van der Waals surface area contributed by atoms with Gasteiger partial charge in [0.05, 0.1) is 0 Å². The van der Waals surface area contributed by atoms with Gasteiger partial charge in [-0.1, -0.05) is 29.8 Å². The van der Waals surface area contributed by atoms with E-state index in [4.69, 9.17) is 11.6 Å². The number of hydrogen-bond acceptors (Lipinski definition) is 1. The van der Waals surface area contributed by atoms with Crippen LogP contribution in [0.1, 0.15) is 5.56 Å². The minimum absolute atomic E-state index is 0.240. The summed E-state index contributed by atoms with van der Waals surface area (Å²) in [5, 5.41) is 0.580. The maximum atomic E-state index is 12.0. The van der Waals surface area contributed by atoms with Crippen molar-refractivity contribution in [1.82, 2.24) is 0 Å². The van der Waals surface area contributed by atoms with Crippen molar-refractivity contribution in [3.63, 3.8) is 0 Å². The Hall–Kier alpha value is -1.68. The Morgan fingerprint density at radius 2 is 1.63 bits per heavy atom. The Balaban J connectivity index is 2.30. The van der Waals surface area contributed by atoms with Crippen LogP contribution in [0.15, 0.2) is 42.5 Å². The van der Waals surface area contributed by atoms with Crippen LogP contribution in [0.2, 0.25) is 5.02 Å². The van der Waals surface area contributed by atoms with Gasteiger partial charge >= 0.3 is 6.36 Å². The van der Waals surface area contributed by atoms with E-state index in [2.05, 4.69) is 4.74 Å². The highest BCUT2D eigenvalue weighted by Crippen LogP contribution is 2.29. The number of ether oxygens (including phenoxy) is 1. The van der Waals surface area contributed by atoms with E-state index in [0.29, 0.717) is 5.02 Å². The fourth-order valence-corrected chi connectivity index (χ4v) is 1.91. The second-order valence-corrected chi connectivity index (χ2v) is 4.47. The molecule has 0 radical (unpaired) electrons. The van der Waals surface area contributed by atoms with Crippen LogP contribution in [0, 0.1) is 6.92 Å². The molecule has 0 amide bonds. The van der Waals surface area contributed by atoms with E-state index in [9.17, 15) is 13.2 Å². The predicted molar refractivity (Wildman–Crippen MR) is 68.3 cm³/mol. The summed E-state index contributed by atoms with van der Waals surface area (Å²) in [6.45, 7) is 1.91. The minimum Gasteiger partial charge on any atom is -0.406 e. The van der Waals surface area contributed by atoms with Crippen molar-refractivity contribution in [2.45, 2.75) is 13.3 Å². The smallest absolute Gasteiger partial charge is 0.406 e. The van der Waals surface area contributed by atoms with E-state index in [1.807, 2.05) is 13.0 Å². The van der Waals surface area contributed by atoms with E-state index in [1.54, 1.807) is 24.3 Å². The molecule has 0 bridgehead atoms. The first-order valence-electron chi connectivity index (χ1n) is 5.47. The lowest BCUT2D eigenvalue weighted by Gasteiger charge is -2.10. The maximum absolute atomic E-state index is 12.0. The average Bonchev–Trinajstić information content (AvgIpc) is 2.31. The summed E-state index contributed by atoms with van der Waals surface area (Å²) in [5.41, 5.74) is 2.66. The van der Waals surface area contributed by atoms with Gasteiger partial charge in [0.2, 0.25) is 0 Å². The summed E-state index contributed by atoms with van der Waals surface area (Å²) in [4.78, 5) is 0. The molecular formula is C14H10ClF3O. The fourth-order valence-electron chi connectivity index (χ4n) is 1.74. The molecule has 0 heterocycles. The molecule has 5 heteroatoms. The molecule has 1 nitrogen and oxygen atoms in total. The minimum atomic E-state index is -4.67. The molecule has 0 aliphatic carbocycles. The molecule has 0 aliphatic heterocycles. The summed E-state index contributed by atoms with van der Waals surface area (Å²) in [5.74, 6) is -0.240. The van der Waals surface area contributed by atoms with Crippen LogP contribution in [0.5, 0.6) is 5.75 Å². The van der Waals surface area contributed by atoms with E-state index in [0.717, 1.165) is 16.7 Å². The van der Waals surface area contributed by atoms with Crippen LogP contribution < -0.4 is 4.74 Å². The summed E-state index contributed by atoms with van der Waals surface area (Å²) in [6.07, 6.45) is -4.67. The van der Waals surface area contributed by atoms with Gasteiger partial charge in [-0.05, 0) is 47.9 Å². The van der Waals surface area contributed by atoms with Crippen molar-refractivity contribution in [2.24, 2.45) is 0 Å². The van der Waals surface area contributed by atoms with Crippen molar-refractivity contribution in [3.05, 3.63) is 53.1 Å². The number of hydrogen-bond donors (Lipinski definition) is 0. The molecule has 2 aromatic carbocycles. The molecular weight excluding hydrogens is 277 g/mol. The van der Waals surface area contributed by atoms with Gasteiger partial charge in [0, 0.05) is 5.02 Å². The van der Waals surface area contributed by atoms with Gasteiger partial charge in [-0.25, -0.2) is 0 Å². The van der Waals surface area contributed by atoms with Crippen LogP contribution in [0.4, 0.5) is 13.2 Å². The van der Waals surface area contributed by atoms with Gasteiger partial charge in [0.15, 0.2) is 0 Å². The SMILES string of the molecule is Cc1ccc(Cl)cc1-c1ccc(OC(F)(F)F)cc1. The summed E-state index contributed by atoms with van der Waals surface area (Å²) in [6, 6.07) is 11.1. The molecule has 2 aromatic rings. The highest BCUT2D eigenvalue weighted by Gasteiger charge is 2.30. The van der Waals surface area contributed by atoms with Gasteiger partial charge in [-0.15, -0.1) is 13.2 Å². The molecule has 0 unspecified atom stereocenters. The summed E-state index contributed by atoms with van der Waals surface area (Å²) < 4.78 is 39.9. The highest BCUT2D eigenvalue weighted by atomic mass is 35.5. The van der Waals surface area contributed by atoms with Crippen molar-refractivity contribution in [3.8, 4) is 16.9 Å². The second-order valence-electron chi connectivity index (χ2n) is 4.03. The zero-order chi connectivity index (χ0) is 14.0. The average molecular weight is 287 g/mol. The first kappa shape index (κ1) is 13.7. The molecule has 0 spiro atoms. The maximum Gasteiger partial charge on any atom is 0.573 e. The first-order chi connectivity index (χ1) is 8.85. The molecule has 0 aromatic heterocycles. The summed E-state index contributed by atoms with van der Waals surface area (Å²) in [7, 11) is 0. The number of rotatable bonds is 2. The lowest BCUT2D eigenvalue weighted by molar-refractivity contribution is -0.274. The van der Waals surface area contributed by atoms with E-state index in [-0.39, 0.29) is 5.75 Å². The first-order valence-corrected chi connectivity index (χ1v) is 5.85. The highest BCUT2D eigenvalue weighted by molar-refractivity contribution is 6.30. The Kier molecular flexibility index (Phi) is 3.71. The van der Waals surface area contributed by atoms with Gasteiger partial charge in [0.25, 0.3) is 0 Å². The molecule has 0 aliphatic rings. The quantitative estimate of drug-likeness (QED) is 0.736.